The van der Waals surface area contributed by atoms with Gasteiger partial charge in [-0.1, -0.05) is 0 Å². The number of morpholine rings is 1. The van der Waals surface area contributed by atoms with Crippen LogP contribution in [-0.4, -0.2) is 63.0 Å². The number of hydrogen-bond donors (Lipinski definition) is 1. The molecule has 7 nitrogen and oxygen atoms in total. The van der Waals surface area contributed by atoms with Gasteiger partial charge in [0.15, 0.2) is 0 Å². The van der Waals surface area contributed by atoms with Gasteiger partial charge in [-0.05, 0) is 12.0 Å². The second-order valence-corrected chi connectivity index (χ2v) is 6.70. The van der Waals surface area contributed by atoms with Gasteiger partial charge in [0.2, 0.25) is 0 Å². The van der Waals surface area contributed by atoms with Crippen LogP contribution in [0.2, 0.25) is 0 Å². The van der Waals surface area contributed by atoms with Gasteiger partial charge in [0, 0.05) is 19.5 Å². The van der Waals surface area contributed by atoms with Crippen LogP contribution >= 0.6 is 11.8 Å². The molecule has 0 aliphatic carbocycles. The number of carbonyl (C=O) groups excluding carboxylic acids is 1. The number of ether oxygens (including phenoxy) is 1. The Balaban J connectivity index is 2.62. The molecule has 0 saturated carbocycles. The average Bonchev–Trinajstić information content (AvgIpc) is 2.35. The molecule has 2 N–H and O–H groups in total. The number of thioether (sulfide) groups is 1. The highest BCUT2D eigenvalue weighted by Crippen LogP contribution is 2.01. The lowest BCUT2D eigenvalue weighted by atomic mass is 10.2. The van der Waals surface area contributed by atoms with E-state index in [1.54, 1.807) is 0 Å². The van der Waals surface area contributed by atoms with Crippen molar-refractivity contribution >= 4 is 27.9 Å². The molecule has 1 heterocycles. The van der Waals surface area contributed by atoms with Crippen molar-refractivity contribution in [1.29, 1.82) is 0 Å². The highest BCUT2D eigenvalue weighted by atomic mass is 32.2. The van der Waals surface area contributed by atoms with Crippen LogP contribution in [0, 0.1) is 0 Å². The summed E-state index contributed by atoms with van der Waals surface area (Å²) in [5, 5.41) is 10.9. The van der Waals surface area contributed by atoms with Crippen LogP contribution in [0.25, 0.3) is 0 Å². The maximum absolute atomic E-state index is 12.0. The third kappa shape index (κ3) is 4.73. The van der Waals surface area contributed by atoms with Crippen molar-refractivity contribution in [2.45, 2.75) is 12.5 Å². The van der Waals surface area contributed by atoms with E-state index in [-0.39, 0.29) is 19.5 Å². The molecule has 0 radical (unpaired) electrons. The van der Waals surface area contributed by atoms with E-state index in [1.165, 1.54) is 16.1 Å². The van der Waals surface area contributed by atoms with E-state index in [2.05, 4.69) is 0 Å². The summed E-state index contributed by atoms with van der Waals surface area (Å²) in [5.41, 5.74) is 0. The van der Waals surface area contributed by atoms with Crippen molar-refractivity contribution in [3.05, 3.63) is 0 Å². The Kier molecular flexibility index (Phi) is 6.36. The van der Waals surface area contributed by atoms with Gasteiger partial charge < -0.3 is 14.6 Å². The van der Waals surface area contributed by atoms with Gasteiger partial charge in [0.05, 0.1) is 13.2 Å². The van der Waals surface area contributed by atoms with Gasteiger partial charge in [-0.25, -0.2) is 4.72 Å². The summed E-state index contributed by atoms with van der Waals surface area (Å²) >= 11 is 1.47. The van der Waals surface area contributed by atoms with Gasteiger partial charge >= 0.3 is 10.2 Å². The summed E-state index contributed by atoms with van der Waals surface area (Å²) in [6.07, 6.45) is 2.09. The van der Waals surface area contributed by atoms with E-state index < -0.39 is 22.2 Å². The molecule has 0 unspecified atom stereocenters. The van der Waals surface area contributed by atoms with Crippen LogP contribution in [0.1, 0.15) is 6.42 Å². The summed E-state index contributed by atoms with van der Waals surface area (Å²) in [7, 11) is -3.66. The van der Waals surface area contributed by atoms with Gasteiger partial charge in [0.25, 0.3) is 0 Å². The van der Waals surface area contributed by atoms with E-state index in [4.69, 9.17) is 4.74 Å². The number of hydrogen-bond acceptors (Lipinski definition) is 6. The summed E-state index contributed by atoms with van der Waals surface area (Å²) in [4.78, 5) is 10.9. The first kappa shape index (κ1) is 15.7. The number of carboxylic acids is 1. The number of carbonyl (C=O) groups is 1. The fraction of sp³-hybridized carbons (Fsp3) is 0.889. The zero-order valence-electron chi connectivity index (χ0n) is 10.2. The van der Waals surface area contributed by atoms with Crippen molar-refractivity contribution in [1.82, 2.24) is 4.31 Å². The summed E-state index contributed by atoms with van der Waals surface area (Å²) < 4.78 is 31.2. The summed E-state index contributed by atoms with van der Waals surface area (Å²) in [6, 6.07) is -1.06. The Hall–Kier alpha value is -0.350. The highest BCUT2D eigenvalue weighted by Gasteiger charge is 2.31. The minimum Gasteiger partial charge on any atom is -0.544 e. The van der Waals surface area contributed by atoms with Crippen molar-refractivity contribution in [2.75, 3.05) is 38.3 Å². The van der Waals surface area contributed by atoms with Gasteiger partial charge in [-0.15, -0.1) is 0 Å². The molecule has 1 saturated heterocycles. The third-order valence-electron chi connectivity index (χ3n) is 2.60. The van der Waals surface area contributed by atoms with E-state index >= 15 is 0 Å². The number of quaternary nitrogens is 1. The lowest BCUT2D eigenvalue weighted by Crippen LogP contribution is -2.97. The summed E-state index contributed by atoms with van der Waals surface area (Å²) in [6.45, 7) is 1.21. The topological polar surface area (TPSA) is 103 Å². The molecule has 1 fully saturated rings. The fourth-order valence-corrected chi connectivity index (χ4v) is 3.56. The van der Waals surface area contributed by atoms with Crippen molar-refractivity contribution in [2.24, 2.45) is 0 Å². The smallest absolute Gasteiger partial charge is 0.370 e. The van der Waals surface area contributed by atoms with Crippen LogP contribution in [0.4, 0.5) is 0 Å². The lowest BCUT2D eigenvalue weighted by Gasteiger charge is -2.26. The van der Waals surface area contributed by atoms with E-state index in [1.807, 2.05) is 6.26 Å². The van der Waals surface area contributed by atoms with Crippen LogP contribution in [0.3, 0.4) is 0 Å². The van der Waals surface area contributed by atoms with Crippen LogP contribution < -0.4 is 9.83 Å². The number of aliphatic carboxylic acids is 1. The number of nitrogens with two attached hydrogens (primary N) is 1. The molecule has 0 aromatic rings. The second kappa shape index (κ2) is 7.29. The quantitative estimate of drug-likeness (QED) is 0.537. The molecule has 106 valence electrons. The lowest BCUT2D eigenvalue weighted by molar-refractivity contribution is -0.544. The van der Waals surface area contributed by atoms with Crippen LogP contribution in [0.15, 0.2) is 0 Å². The van der Waals surface area contributed by atoms with Crippen molar-refractivity contribution in [3.8, 4) is 0 Å². The van der Waals surface area contributed by atoms with E-state index in [9.17, 15) is 18.3 Å². The van der Waals surface area contributed by atoms with Crippen molar-refractivity contribution in [3.63, 3.8) is 0 Å². The third-order valence-corrected chi connectivity index (χ3v) is 5.00. The zero-order chi connectivity index (χ0) is 13.6. The van der Waals surface area contributed by atoms with Gasteiger partial charge in [-0.3, -0.25) is 0 Å². The Labute approximate surface area is 111 Å². The second-order valence-electron chi connectivity index (χ2n) is 3.90. The highest BCUT2D eigenvalue weighted by molar-refractivity contribution is 7.98. The first-order valence-electron chi connectivity index (χ1n) is 5.60. The Morgan fingerprint density at radius 1 is 1.50 bits per heavy atom. The molecule has 18 heavy (non-hydrogen) atoms. The maximum Gasteiger partial charge on any atom is 0.370 e. The molecule has 1 aliphatic rings. The Morgan fingerprint density at radius 2 is 2.11 bits per heavy atom. The minimum atomic E-state index is -3.66. The Bertz CT molecular complexity index is 367. The molecule has 1 atom stereocenters. The van der Waals surface area contributed by atoms with Gasteiger partial charge in [-0.2, -0.15) is 24.5 Å². The first-order chi connectivity index (χ1) is 8.47. The number of nitrogens with zero attached hydrogens (tertiary/aromatic N) is 1. The van der Waals surface area contributed by atoms with Crippen LogP contribution in [-0.2, 0) is 19.7 Å². The van der Waals surface area contributed by atoms with E-state index in [0.717, 1.165) is 4.72 Å². The molecule has 0 bridgehead atoms. The number of carboxylic acid groups (broad SMARTS) is 1. The maximum atomic E-state index is 12.0. The molecule has 1 rings (SSSR count). The first-order valence-corrected chi connectivity index (χ1v) is 8.49. The minimum absolute atomic E-state index is 0.257. The van der Waals surface area contributed by atoms with Gasteiger partial charge in [0.1, 0.15) is 12.0 Å². The fourth-order valence-electron chi connectivity index (χ4n) is 1.58. The van der Waals surface area contributed by atoms with E-state index in [0.29, 0.717) is 19.0 Å². The number of rotatable bonds is 7. The normalized spacial score (nSPS) is 19.6. The molecular formula is C9H18N2O5S2. The largest absolute Gasteiger partial charge is 0.544 e. The zero-order valence-corrected chi connectivity index (χ0v) is 11.8. The molecule has 9 heteroatoms. The Morgan fingerprint density at radius 3 is 2.61 bits per heavy atom. The molecule has 0 aromatic carbocycles. The average molecular weight is 298 g/mol. The molecule has 0 spiro atoms. The molecule has 0 aromatic heterocycles. The standard InChI is InChI=1S/C9H18N2O5S2/c1-17-7-2-8(9(12)13)10-18(14,15)11-3-5-16-6-4-11/h8,10H,2-7H2,1H3,(H,12,13)/t8-/m0/s1. The predicted molar refractivity (Wildman–Crippen MR) is 65.0 cm³/mol. The molecular weight excluding hydrogens is 280 g/mol. The molecule has 1 aliphatic heterocycles. The predicted octanol–water partition coefficient (Wildman–Crippen LogP) is -3.00. The SMILES string of the molecule is CSCC[C@H]([NH2+]S(=O)(=O)N1CCOCC1)C(=O)[O-]. The van der Waals surface area contributed by atoms with Crippen LogP contribution in [0.5, 0.6) is 0 Å². The molecule has 0 amide bonds. The monoisotopic (exact) mass is 298 g/mol. The summed E-state index contributed by atoms with van der Waals surface area (Å²) in [5.74, 6) is -0.769. The van der Waals surface area contributed by atoms with Crippen molar-refractivity contribution < 1.29 is 27.8 Å².